The van der Waals surface area contributed by atoms with Gasteiger partial charge in [0.25, 0.3) is 0 Å². The van der Waals surface area contributed by atoms with Gasteiger partial charge in [-0.2, -0.15) is 13.2 Å². The number of halogens is 3. The van der Waals surface area contributed by atoms with Gasteiger partial charge in [0.2, 0.25) is 11.8 Å². The van der Waals surface area contributed by atoms with Gasteiger partial charge < -0.3 is 10.6 Å². The number of amides is 2. The molecule has 0 radical (unpaired) electrons. The van der Waals surface area contributed by atoms with Crippen LogP contribution in [0.1, 0.15) is 32.3 Å². The summed E-state index contributed by atoms with van der Waals surface area (Å²) in [6.45, 7) is 3.78. The molecule has 1 aromatic rings. The summed E-state index contributed by atoms with van der Waals surface area (Å²) in [5.74, 6) is -1.79. The maximum Gasteiger partial charge on any atom is 0.418 e. The molecule has 0 heterocycles. The van der Waals surface area contributed by atoms with Crippen molar-refractivity contribution in [2.45, 2.75) is 38.9 Å². The minimum absolute atomic E-state index is 0.0118. The Morgan fingerprint density at radius 1 is 1.22 bits per heavy atom. The van der Waals surface area contributed by atoms with Crippen molar-refractivity contribution < 1.29 is 22.8 Å². The highest BCUT2D eigenvalue weighted by atomic mass is 19.4. The van der Waals surface area contributed by atoms with Crippen LogP contribution in [0.2, 0.25) is 0 Å². The lowest BCUT2D eigenvalue weighted by atomic mass is 10.1. The van der Waals surface area contributed by atoms with Crippen LogP contribution in [-0.2, 0) is 15.8 Å². The predicted molar refractivity (Wildman–Crippen MR) is 79.6 cm³/mol. The molecule has 3 atom stereocenters. The number of nitrogens with one attached hydrogen (secondary N) is 2. The van der Waals surface area contributed by atoms with E-state index in [0.29, 0.717) is 6.42 Å². The zero-order valence-corrected chi connectivity index (χ0v) is 12.9. The van der Waals surface area contributed by atoms with Gasteiger partial charge in [0.05, 0.1) is 23.1 Å². The van der Waals surface area contributed by atoms with E-state index in [9.17, 15) is 22.8 Å². The molecule has 0 aromatic heterocycles. The van der Waals surface area contributed by atoms with Crippen LogP contribution in [0.15, 0.2) is 24.3 Å². The molecule has 0 bridgehead atoms. The third kappa shape index (κ3) is 4.24. The Morgan fingerprint density at radius 2 is 1.83 bits per heavy atom. The molecule has 23 heavy (non-hydrogen) atoms. The molecule has 1 aromatic carbocycles. The lowest BCUT2D eigenvalue weighted by Crippen LogP contribution is -2.34. The topological polar surface area (TPSA) is 58.2 Å². The zero-order chi connectivity index (χ0) is 17.2. The fraction of sp³-hybridized carbons (Fsp3) is 0.500. The van der Waals surface area contributed by atoms with E-state index in [4.69, 9.17) is 0 Å². The van der Waals surface area contributed by atoms with Crippen molar-refractivity contribution in [3.8, 4) is 0 Å². The molecule has 2 rings (SSSR count). The minimum atomic E-state index is -4.54. The molecule has 126 valence electrons. The SMILES string of the molecule is CCC(C)NC(=O)C1CC1C(=O)Nc1ccccc1C(F)(F)F. The molecule has 7 heteroatoms. The Bertz CT molecular complexity index is 601. The normalized spacial score (nSPS) is 21.4. The summed E-state index contributed by atoms with van der Waals surface area (Å²) < 4.78 is 38.7. The first kappa shape index (κ1) is 17.3. The smallest absolute Gasteiger partial charge is 0.353 e. The van der Waals surface area contributed by atoms with E-state index in [-0.39, 0.29) is 17.6 Å². The van der Waals surface area contributed by atoms with E-state index < -0.39 is 29.5 Å². The van der Waals surface area contributed by atoms with Crippen molar-refractivity contribution in [1.29, 1.82) is 0 Å². The third-order valence-corrected chi connectivity index (χ3v) is 3.96. The summed E-state index contributed by atoms with van der Waals surface area (Å²) >= 11 is 0. The monoisotopic (exact) mass is 328 g/mol. The highest BCUT2D eigenvalue weighted by Crippen LogP contribution is 2.41. The van der Waals surface area contributed by atoms with Crippen molar-refractivity contribution in [3.05, 3.63) is 29.8 Å². The van der Waals surface area contributed by atoms with Crippen LogP contribution in [-0.4, -0.2) is 17.9 Å². The lowest BCUT2D eigenvalue weighted by Gasteiger charge is -2.14. The number of anilines is 1. The molecular formula is C16H19F3N2O2. The average molecular weight is 328 g/mol. The van der Waals surface area contributed by atoms with Crippen LogP contribution in [0, 0.1) is 11.8 Å². The summed E-state index contributed by atoms with van der Waals surface area (Å²) in [4.78, 5) is 24.0. The first-order chi connectivity index (χ1) is 10.7. The number of benzene rings is 1. The molecule has 3 unspecified atom stereocenters. The van der Waals surface area contributed by atoms with Gasteiger partial charge in [0.1, 0.15) is 0 Å². The van der Waals surface area contributed by atoms with Gasteiger partial charge in [0, 0.05) is 6.04 Å². The molecule has 2 N–H and O–H groups in total. The Kier molecular flexibility index (Phi) is 4.97. The van der Waals surface area contributed by atoms with Crippen molar-refractivity contribution >= 4 is 17.5 Å². The van der Waals surface area contributed by atoms with Crippen LogP contribution in [0.4, 0.5) is 18.9 Å². The fourth-order valence-electron chi connectivity index (χ4n) is 2.29. The number of alkyl halides is 3. The Labute approximate surface area is 132 Å². The second kappa shape index (κ2) is 6.60. The van der Waals surface area contributed by atoms with E-state index in [1.807, 2.05) is 13.8 Å². The molecule has 1 fully saturated rings. The molecular weight excluding hydrogens is 309 g/mol. The highest BCUT2D eigenvalue weighted by Gasteiger charge is 2.48. The van der Waals surface area contributed by atoms with Gasteiger partial charge >= 0.3 is 6.18 Å². The van der Waals surface area contributed by atoms with E-state index in [1.165, 1.54) is 18.2 Å². The molecule has 1 aliphatic carbocycles. The van der Waals surface area contributed by atoms with Crippen LogP contribution in [0.5, 0.6) is 0 Å². The van der Waals surface area contributed by atoms with Crippen molar-refractivity contribution in [2.24, 2.45) is 11.8 Å². The summed E-state index contributed by atoms with van der Waals surface area (Å²) in [7, 11) is 0. The number of rotatable bonds is 5. The molecule has 1 aliphatic rings. The highest BCUT2D eigenvalue weighted by molar-refractivity contribution is 6.00. The summed E-state index contributed by atoms with van der Waals surface area (Å²) in [5.41, 5.74) is -1.17. The first-order valence-electron chi connectivity index (χ1n) is 7.51. The Hall–Kier alpha value is -2.05. The molecule has 1 saturated carbocycles. The van der Waals surface area contributed by atoms with Crippen molar-refractivity contribution in [3.63, 3.8) is 0 Å². The molecule has 0 aliphatic heterocycles. The largest absolute Gasteiger partial charge is 0.418 e. The lowest BCUT2D eigenvalue weighted by molar-refractivity contribution is -0.137. The van der Waals surface area contributed by atoms with Gasteiger partial charge in [-0.1, -0.05) is 19.1 Å². The quantitative estimate of drug-likeness (QED) is 0.872. The average Bonchev–Trinajstić information content (AvgIpc) is 3.27. The minimum Gasteiger partial charge on any atom is -0.353 e. The maximum absolute atomic E-state index is 12.9. The predicted octanol–water partition coefficient (Wildman–Crippen LogP) is 3.19. The number of carbonyl (C=O) groups is 2. The second-order valence-electron chi connectivity index (χ2n) is 5.80. The number of carbonyl (C=O) groups excluding carboxylic acids is 2. The van der Waals surface area contributed by atoms with Crippen LogP contribution in [0.3, 0.4) is 0 Å². The van der Waals surface area contributed by atoms with Crippen molar-refractivity contribution in [1.82, 2.24) is 5.32 Å². The zero-order valence-electron chi connectivity index (χ0n) is 12.9. The number of para-hydroxylation sites is 1. The van der Waals surface area contributed by atoms with Gasteiger partial charge in [-0.3, -0.25) is 9.59 Å². The Balaban J connectivity index is 1.99. The van der Waals surface area contributed by atoms with E-state index in [2.05, 4.69) is 10.6 Å². The van der Waals surface area contributed by atoms with Crippen LogP contribution >= 0.6 is 0 Å². The second-order valence-corrected chi connectivity index (χ2v) is 5.80. The van der Waals surface area contributed by atoms with E-state index >= 15 is 0 Å². The first-order valence-corrected chi connectivity index (χ1v) is 7.51. The fourth-order valence-corrected chi connectivity index (χ4v) is 2.29. The van der Waals surface area contributed by atoms with Gasteiger partial charge in [0.15, 0.2) is 0 Å². The molecule has 0 spiro atoms. The standard InChI is InChI=1S/C16H19F3N2O2/c1-3-9(2)20-14(22)10-8-11(10)15(23)21-13-7-5-4-6-12(13)16(17,18)19/h4-7,9-11H,3,8H2,1-2H3,(H,20,22)(H,21,23). The summed E-state index contributed by atoms with van der Waals surface area (Å²) in [6.07, 6.45) is -3.41. The number of hydrogen-bond acceptors (Lipinski definition) is 2. The summed E-state index contributed by atoms with van der Waals surface area (Å²) in [6, 6.07) is 4.81. The van der Waals surface area contributed by atoms with E-state index in [1.54, 1.807) is 0 Å². The van der Waals surface area contributed by atoms with E-state index in [0.717, 1.165) is 12.5 Å². The van der Waals surface area contributed by atoms with Crippen LogP contribution < -0.4 is 10.6 Å². The molecule has 0 saturated heterocycles. The molecule has 2 amide bonds. The maximum atomic E-state index is 12.9. The third-order valence-electron chi connectivity index (χ3n) is 3.96. The van der Waals surface area contributed by atoms with Crippen LogP contribution in [0.25, 0.3) is 0 Å². The van der Waals surface area contributed by atoms with Crippen molar-refractivity contribution in [2.75, 3.05) is 5.32 Å². The van der Waals surface area contributed by atoms with Gasteiger partial charge in [-0.25, -0.2) is 0 Å². The molecule has 4 nitrogen and oxygen atoms in total. The summed E-state index contributed by atoms with van der Waals surface area (Å²) in [5, 5.41) is 5.07. The van der Waals surface area contributed by atoms with Gasteiger partial charge in [-0.15, -0.1) is 0 Å². The number of hydrogen-bond donors (Lipinski definition) is 2. The van der Waals surface area contributed by atoms with Gasteiger partial charge in [-0.05, 0) is 31.9 Å². The Morgan fingerprint density at radius 3 is 2.43 bits per heavy atom.